The molecule has 0 aliphatic heterocycles. The Kier molecular flexibility index (Phi) is 4.65. The highest BCUT2D eigenvalue weighted by Gasteiger charge is 2.30. The van der Waals surface area contributed by atoms with Gasteiger partial charge in [0.25, 0.3) is 0 Å². The van der Waals surface area contributed by atoms with Crippen molar-refractivity contribution in [3.8, 4) is 11.5 Å². The first-order valence-corrected chi connectivity index (χ1v) is 6.17. The minimum absolute atomic E-state index is 0.0937. The summed E-state index contributed by atoms with van der Waals surface area (Å²) in [5.74, 6) is -1.18. The zero-order chi connectivity index (χ0) is 15.5. The van der Waals surface area contributed by atoms with Gasteiger partial charge >= 0.3 is 11.9 Å². The molecule has 0 atom stereocenters. The number of carbonyl (C=O) groups excluding carboxylic acids is 3. The van der Waals surface area contributed by atoms with Gasteiger partial charge in [-0.2, -0.15) is 0 Å². The third kappa shape index (κ3) is 3.91. The summed E-state index contributed by atoms with van der Waals surface area (Å²) in [6.45, 7) is 7.68. The van der Waals surface area contributed by atoms with E-state index in [-0.39, 0.29) is 22.8 Å². The average Bonchev–Trinajstić information content (AvgIpc) is 2.25. The minimum Gasteiger partial charge on any atom is -0.426 e. The number of esters is 2. The van der Waals surface area contributed by atoms with E-state index in [9.17, 15) is 14.4 Å². The fourth-order valence-corrected chi connectivity index (χ4v) is 1.59. The number of ketones is 1. The second-order valence-electron chi connectivity index (χ2n) is 5.40. The Balaban J connectivity index is 3.43. The van der Waals surface area contributed by atoms with Crippen LogP contribution in [0.2, 0.25) is 0 Å². The molecule has 0 fully saturated rings. The monoisotopic (exact) mass is 278 g/mol. The van der Waals surface area contributed by atoms with Gasteiger partial charge in [0.2, 0.25) is 0 Å². The molecule has 0 aliphatic rings. The Hall–Kier alpha value is -2.17. The van der Waals surface area contributed by atoms with Crippen LogP contribution < -0.4 is 9.47 Å². The molecule has 5 heteroatoms. The number of Topliss-reactive ketones (excluding diaryl/α,β-unsaturated/α-hetero) is 1. The molecule has 5 nitrogen and oxygen atoms in total. The first-order valence-electron chi connectivity index (χ1n) is 6.17. The Morgan fingerprint density at radius 2 is 1.30 bits per heavy atom. The second kappa shape index (κ2) is 5.86. The predicted octanol–water partition coefficient (Wildman–Crippen LogP) is 2.77. The fourth-order valence-electron chi connectivity index (χ4n) is 1.59. The zero-order valence-corrected chi connectivity index (χ0v) is 12.3. The van der Waals surface area contributed by atoms with Crippen LogP contribution in [0, 0.1) is 5.41 Å². The van der Waals surface area contributed by atoms with Crippen LogP contribution in [-0.4, -0.2) is 17.7 Å². The molecule has 1 aromatic rings. The highest BCUT2D eigenvalue weighted by molar-refractivity contribution is 6.05. The third-order valence-corrected chi connectivity index (χ3v) is 2.40. The van der Waals surface area contributed by atoms with Gasteiger partial charge in [-0.1, -0.05) is 26.8 Å². The molecule has 0 aromatic heterocycles. The maximum absolute atomic E-state index is 12.5. The zero-order valence-electron chi connectivity index (χ0n) is 12.3. The summed E-state index contributed by atoms with van der Waals surface area (Å²) < 4.78 is 10.1. The molecule has 108 valence electrons. The lowest BCUT2D eigenvalue weighted by Gasteiger charge is -2.20. The van der Waals surface area contributed by atoms with Gasteiger partial charge < -0.3 is 9.47 Å². The van der Waals surface area contributed by atoms with Crippen LogP contribution in [0.1, 0.15) is 45.0 Å². The molecule has 1 aromatic carbocycles. The van der Waals surface area contributed by atoms with E-state index in [1.54, 1.807) is 26.8 Å². The van der Waals surface area contributed by atoms with Crippen molar-refractivity contribution in [3.05, 3.63) is 23.8 Å². The van der Waals surface area contributed by atoms with Crippen LogP contribution in [0.4, 0.5) is 0 Å². The number of hydrogen-bond acceptors (Lipinski definition) is 5. The SMILES string of the molecule is CC(=O)Oc1cccc(OC(C)=O)c1C(=O)C(C)(C)C. The van der Waals surface area contributed by atoms with Crippen molar-refractivity contribution < 1.29 is 23.9 Å². The van der Waals surface area contributed by atoms with E-state index in [0.717, 1.165) is 0 Å². The summed E-state index contributed by atoms with van der Waals surface area (Å²) in [5.41, 5.74) is -0.601. The first-order chi connectivity index (χ1) is 9.12. The molecule has 0 unspecified atom stereocenters. The number of carbonyl (C=O) groups is 3. The molecule has 0 spiro atoms. The van der Waals surface area contributed by atoms with E-state index in [4.69, 9.17) is 9.47 Å². The lowest BCUT2D eigenvalue weighted by molar-refractivity contribution is -0.132. The van der Waals surface area contributed by atoms with E-state index in [0.29, 0.717) is 0 Å². The van der Waals surface area contributed by atoms with Gasteiger partial charge in [-0.05, 0) is 12.1 Å². The maximum Gasteiger partial charge on any atom is 0.308 e. The molecular weight excluding hydrogens is 260 g/mol. The van der Waals surface area contributed by atoms with Crippen LogP contribution in [0.25, 0.3) is 0 Å². The van der Waals surface area contributed by atoms with E-state index >= 15 is 0 Å². The van der Waals surface area contributed by atoms with E-state index < -0.39 is 17.4 Å². The van der Waals surface area contributed by atoms with Crippen molar-refractivity contribution in [2.45, 2.75) is 34.6 Å². The Morgan fingerprint density at radius 3 is 1.60 bits per heavy atom. The van der Waals surface area contributed by atoms with Crippen LogP contribution in [0.3, 0.4) is 0 Å². The molecule has 0 radical (unpaired) electrons. The van der Waals surface area contributed by atoms with Gasteiger partial charge in [0.1, 0.15) is 17.1 Å². The highest BCUT2D eigenvalue weighted by atomic mass is 16.5. The summed E-state index contributed by atoms with van der Waals surface area (Å²) in [6, 6.07) is 4.54. The molecule has 0 bridgehead atoms. The molecule has 0 saturated carbocycles. The van der Waals surface area contributed by atoms with Crippen LogP contribution in [0.15, 0.2) is 18.2 Å². The maximum atomic E-state index is 12.5. The highest BCUT2D eigenvalue weighted by Crippen LogP contribution is 2.34. The smallest absolute Gasteiger partial charge is 0.308 e. The van der Waals surface area contributed by atoms with Crippen LogP contribution >= 0.6 is 0 Å². The van der Waals surface area contributed by atoms with E-state index in [1.807, 2.05) is 0 Å². The Bertz CT molecular complexity index is 518. The van der Waals surface area contributed by atoms with Gasteiger partial charge in [0.05, 0.1) is 0 Å². The molecule has 20 heavy (non-hydrogen) atoms. The molecule has 0 heterocycles. The lowest BCUT2D eigenvalue weighted by atomic mass is 9.85. The van der Waals surface area contributed by atoms with Gasteiger partial charge in [-0.25, -0.2) is 0 Å². The number of ether oxygens (including phenoxy) is 2. The topological polar surface area (TPSA) is 69.7 Å². The van der Waals surface area contributed by atoms with Crippen molar-refractivity contribution in [1.82, 2.24) is 0 Å². The van der Waals surface area contributed by atoms with E-state index in [2.05, 4.69) is 0 Å². The van der Waals surface area contributed by atoms with E-state index in [1.165, 1.54) is 26.0 Å². The molecular formula is C15H18O5. The van der Waals surface area contributed by atoms with Crippen molar-refractivity contribution in [3.63, 3.8) is 0 Å². The normalized spacial score (nSPS) is 10.8. The minimum atomic E-state index is -0.703. The number of rotatable bonds is 3. The summed E-state index contributed by atoms with van der Waals surface area (Å²) in [6.07, 6.45) is 0. The van der Waals surface area contributed by atoms with Crippen molar-refractivity contribution in [2.75, 3.05) is 0 Å². The summed E-state index contributed by atoms with van der Waals surface area (Å²) in [4.78, 5) is 34.7. The summed E-state index contributed by atoms with van der Waals surface area (Å²) >= 11 is 0. The number of benzene rings is 1. The largest absolute Gasteiger partial charge is 0.426 e. The molecule has 0 aliphatic carbocycles. The third-order valence-electron chi connectivity index (χ3n) is 2.40. The Labute approximate surface area is 117 Å². The lowest BCUT2D eigenvalue weighted by Crippen LogP contribution is -2.23. The molecule has 0 amide bonds. The van der Waals surface area contributed by atoms with Gasteiger partial charge in [-0.15, -0.1) is 0 Å². The van der Waals surface area contributed by atoms with Crippen molar-refractivity contribution >= 4 is 17.7 Å². The average molecular weight is 278 g/mol. The summed E-state index contributed by atoms with van der Waals surface area (Å²) in [5, 5.41) is 0. The Morgan fingerprint density at radius 1 is 0.900 bits per heavy atom. The van der Waals surface area contributed by atoms with Crippen LogP contribution in [-0.2, 0) is 9.59 Å². The fraction of sp³-hybridized carbons (Fsp3) is 0.400. The van der Waals surface area contributed by atoms with Gasteiger partial charge in [0, 0.05) is 19.3 Å². The predicted molar refractivity (Wildman–Crippen MR) is 72.8 cm³/mol. The molecule has 0 saturated heterocycles. The molecule has 1 rings (SSSR count). The number of hydrogen-bond donors (Lipinski definition) is 0. The molecule has 0 N–H and O–H groups in total. The van der Waals surface area contributed by atoms with Crippen molar-refractivity contribution in [1.29, 1.82) is 0 Å². The first kappa shape index (κ1) is 15.9. The second-order valence-corrected chi connectivity index (χ2v) is 5.40. The summed E-state index contributed by atoms with van der Waals surface area (Å²) in [7, 11) is 0. The van der Waals surface area contributed by atoms with Crippen molar-refractivity contribution in [2.24, 2.45) is 5.41 Å². The van der Waals surface area contributed by atoms with Gasteiger partial charge in [0.15, 0.2) is 5.78 Å². The quantitative estimate of drug-likeness (QED) is 0.483. The van der Waals surface area contributed by atoms with Gasteiger partial charge in [-0.3, -0.25) is 14.4 Å². The standard InChI is InChI=1S/C15H18O5/c1-9(16)19-11-7-6-8-12(20-10(2)17)13(11)14(18)15(3,4)5/h6-8H,1-5H3. The van der Waals surface area contributed by atoms with Crippen LogP contribution in [0.5, 0.6) is 11.5 Å².